The Morgan fingerprint density at radius 3 is 2.47 bits per heavy atom. The minimum atomic E-state index is 0.344. The first-order valence-electron chi connectivity index (χ1n) is 7.24. The van der Waals surface area contributed by atoms with Gasteiger partial charge in [-0.1, -0.05) is 41.4 Å². The summed E-state index contributed by atoms with van der Waals surface area (Å²) in [5.74, 6) is 0.958. The topological polar surface area (TPSA) is 20.3 Å². The summed E-state index contributed by atoms with van der Waals surface area (Å²) in [5.41, 5.74) is 1.41. The first-order chi connectivity index (χ1) is 9.20. The second-order valence-corrected chi connectivity index (χ2v) is 6.23. The van der Waals surface area contributed by atoms with Crippen LogP contribution in [0.4, 0.5) is 0 Å². The van der Waals surface area contributed by atoms with E-state index >= 15 is 0 Å². The van der Waals surface area contributed by atoms with Gasteiger partial charge in [0.1, 0.15) is 0 Å². The standard InChI is InChI=1S/C16H22BrNO/c1-2-3-4-16(19)18-11-9-14(10-12-18)13-5-7-15(17)8-6-13/h5-8,14H,2-4,9-12H2,1H3. The van der Waals surface area contributed by atoms with Crippen LogP contribution in [-0.2, 0) is 4.79 Å². The van der Waals surface area contributed by atoms with E-state index in [-0.39, 0.29) is 0 Å². The minimum absolute atomic E-state index is 0.344. The van der Waals surface area contributed by atoms with Gasteiger partial charge < -0.3 is 4.90 Å². The van der Waals surface area contributed by atoms with E-state index in [1.54, 1.807) is 0 Å². The van der Waals surface area contributed by atoms with Crippen molar-refractivity contribution in [2.24, 2.45) is 0 Å². The molecule has 0 atom stereocenters. The van der Waals surface area contributed by atoms with Gasteiger partial charge >= 0.3 is 0 Å². The van der Waals surface area contributed by atoms with Gasteiger partial charge in [-0.25, -0.2) is 0 Å². The van der Waals surface area contributed by atoms with E-state index in [2.05, 4.69) is 47.1 Å². The van der Waals surface area contributed by atoms with E-state index in [9.17, 15) is 4.79 Å². The molecule has 0 unspecified atom stereocenters. The van der Waals surface area contributed by atoms with Crippen LogP contribution in [-0.4, -0.2) is 23.9 Å². The van der Waals surface area contributed by atoms with Crippen LogP contribution in [0.15, 0.2) is 28.7 Å². The minimum Gasteiger partial charge on any atom is -0.343 e. The molecule has 2 nitrogen and oxygen atoms in total. The molecule has 0 bridgehead atoms. The Labute approximate surface area is 124 Å². The molecule has 0 N–H and O–H groups in total. The van der Waals surface area contributed by atoms with Crippen molar-refractivity contribution >= 4 is 21.8 Å². The van der Waals surface area contributed by atoms with Gasteiger partial charge in [0.25, 0.3) is 0 Å². The fourth-order valence-corrected chi connectivity index (χ4v) is 2.95. The van der Waals surface area contributed by atoms with Crippen molar-refractivity contribution in [2.45, 2.75) is 44.9 Å². The van der Waals surface area contributed by atoms with Crippen molar-refractivity contribution < 1.29 is 4.79 Å². The first kappa shape index (κ1) is 14.6. The molecule has 0 spiro atoms. The third-order valence-electron chi connectivity index (χ3n) is 3.93. The lowest BCUT2D eigenvalue weighted by Gasteiger charge is -2.32. The van der Waals surface area contributed by atoms with Gasteiger partial charge in [-0.15, -0.1) is 0 Å². The maximum atomic E-state index is 12.0. The maximum Gasteiger partial charge on any atom is 0.222 e. The molecule has 19 heavy (non-hydrogen) atoms. The van der Waals surface area contributed by atoms with Crippen LogP contribution in [0.25, 0.3) is 0 Å². The molecule has 0 aliphatic carbocycles. The molecule has 1 aromatic carbocycles. The zero-order chi connectivity index (χ0) is 13.7. The summed E-state index contributed by atoms with van der Waals surface area (Å²) < 4.78 is 1.13. The number of halogens is 1. The van der Waals surface area contributed by atoms with E-state index < -0.39 is 0 Å². The van der Waals surface area contributed by atoms with Crippen molar-refractivity contribution in [2.75, 3.05) is 13.1 Å². The number of nitrogens with zero attached hydrogens (tertiary/aromatic N) is 1. The van der Waals surface area contributed by atoms with Crippen LogP contribution in [0.5, 0.6) is 0 Å². The van der Waals surface area contributed by atoms with Gasteiger partial charge in [0.15, 0.2) is 0 Å². The quantitative estimate of drug-likeness (QED) is 0.806. The van der Waals surface area contributed by atoms with E-state index in [4.69, 9.17) is 0 Å². The number of carbonyl (C=O) groups excluding carboxylic acids is 1. The summed E-state index contributed by atoms with van der Waals surface area (Å²) in [6.45, 7) is 3.97. The fraction of sp³-hybridized carbons (Fsp3) is 0.562. The summed E-state index contributed by atoms with van der Waals surface area (Å²) in [6.07, 6.45) is 5.03. The van der Waals surface area contributed by atoms with Crippen molar-refractivity contribution in [3.05, 3.63) is 34.3 Å². The molecule has 1 saturated heterocycles. The molecular formula is C16H22BrNO. The van der Waals surface area contributed by atoms with Crippen molar-refractivity contribution in [3.63, 3.8) is 0 Å². The predicted molar refractivity (Wildman–Crippen MR) is 82.2 cm³/mol. The number of benzene rings is 1. The fourth-order valence-electron chi connectivity index (χ4n) is 2.68. The third kappa shape index (κ3) is 4.07. The van der Waals surface area contributed by atoms with Crippen LogP contribution in [0.2, 0.25) is 0 Å². The lowest BCUT2D eigenvalue weighted by molar-refractivity contribution is -0.132. The van der Waals surface area contributed by atoms with E-state index in [0.29, 0.717) is 11.8 Å². The Bertz CT molecular complexity index is 407. The number of piperidine rings is 1. The second-order valence-electron chi connectivity index (χ2n) is 5.31. The van der Waals surface area contributed by atoms with Crippen LogP contribution in [0.3, 0.4) is 0 Å². The highest BCUT2D eigenvalue weighted by Crippen LogP contribution is 2.29. The third-order valence-corrected chi connectivity index (χ3v) is 4.46. The van der Waals surface area contributed by atoms with E-state index in [0.717, 1.165) is 49.7 Å². The van der Waals surface area contributed by atoms with Gasteiger partial charge in [0.05, 0.1) is 0 Å². The van der Waals surface area contributed by atoms with Gasteiger partial charge in [0.2, 0.25) is 5.91 Å². The van der Waals surface area contributed by atoms with Gasteiger partial charge in [0, 0.05) is 24.0 Å². The number of hydrogen-bond donors (Lipinski definition) is 0. The highest BCUT2D eigenvalue weighted by atomic mass is 79.9. The Morgan fingerprint density at radius 1 is 1.26 bits per heavy atom. The number of carbonyl (C=O) groups is 1. The molecule has 2 rings (SSSR count). The molecular weight excluding hydrogens is 302 g/mol. The van der Waals surface area contributed by atoms with Crippen LogP contribution in [0.1, 0.15) is 50.5 Å². The summed E-state index contributed by atoms with van der Waals surface area (Å²) in [6, 6.07) is 8.61. The average molecular weight is 324 g/mol. The summed E-state index contributed by atoms with van der Waals surface area (Å²) in [7, 11) is 0. The van der Waals surface area contributed by atoms with E-state index in [1.807, 2.05) is 4.90 Å². The molecule has 1 heterocycles. The Hall–Kier alpha value is -0.830. The maximum absolute atomic E-state index is 12.0. The van der Waals surface area contributed by atoms with Crippen LogP contribution < -0.4 is 0 Å². The lowest BCUT2D eigenvalue weighted by atomic mass is 9.89. The van der Waals surface area contributed by atoms with Gasteiger partial charge in [-0.3, -0.25) is 4.79 Å². The Kier molecular flexibility index (Phi) is 5.44. The normalized spacial score (nSPS) is 16.6. The average Bonchev–Trinajstić information content (AvgIpc) is 2.46. The lowest BCUT2D eigenvalue weighted by Crippen LogP contribution is -2.37. The second kappa shape index (κ2) is 7.09. The van der Waals surface area contributed by atoms with Crippen molar-refractivity contribution in [1.29, 1.82) is 0 Å². The van der Waals surface area contributed by atoms with Crippen molar-refractivity contribution in [1.82, 2.24) is 4.90 Å². The SMILES string of the molecule is CCCCC(=O)N1CCC(c2ccc(Br)cc2)CC1. The number of likely N-dealkylation sites (tertiary alicyclic amines) is 1. The molecule has 104 valence electrons. The van der Waals surface area contributed by atoms with Gasteiger partial charge in [-0.05, 0) is 42.9 Å². The summed E-state index contributed by atoms with van der Waals surface area (Å²) in [4.78, 5) is 14.0. The van der Waals surface area contributed by atoms with E-state index in [1.165, 1.54) is 5.56 Å². The smallest absolute Gasteiger partial charge is 0.222 e. The summed E-state index contributed by atoms with van der Waals surface area (Å²) in [5, 5.41) is 0. The Balaban J connectivity index is 1.85. The molecule has 1 aliphatic heterocycles. The highest BCUT2D eigenvalue weighted by Gasteiger charge is 2.23. The largest absolute Gasteiger partial charge is 0.343 e. The number of unbranched alkanes of at least 4 members (excludes halogenated alkanes) is 1. The zero-order valence-electron chi connectivity index (χ0n) is 11.6. The Morgan fingerprint density at radius 2 is 1.89 bits per heavy atom. The number of hydrogen-bond acceptors (Lipinski definition) is 1. The predicted octanol–water partition coefficient (Wildman–Crippen LogP) is 4.35. The number of rotatable bonds is 4. The first-order valence-corrected chi connectivity index (χ1v) is 8.03. The summed E-state index contributed by atoms with van der Waals surface area (Å²) >= 11 is 3.47. The molecule has 1 fully saturated rings. The molecule has 0 radical (unpaired) electrons. The van der Waals surface area contributed by atoms with Crippen LogP contribution >= 0.6 is 15.9 Å². The molecule has 0 saturated carbocycles. The monoisotopic (exact) mass is 323 g/mol. The molecule has 1 amide bonds. The number of amides is 1. The molecule has 0 aromatic heterocycles. The van der Waals surface area contributed by atoms with Crippen LogP contribution in [0, 0.1) is 0 Å². The molecule has 3 heteroatoms. The molecule has 1 aliphatic rings. The highest BCUT2D eigenvalue weighted by molar-refractivity contribution is 9.10. The van der Waals surface area contributed by atoms with Crippen molar-refractivity contribution in [3.8, 4) is 0 Å². The zero-order valence-corrected chi connectivity index (χ0v) is 13.2. The molecule has 1 aromatic rings. The van der Waals surface area contributed by atoms with Gasteiger partial charge in [-0.2, -0.15) is 0 Å².